The smallest absolute Gasteiger partial charge is 0.234 e. The van der Waals surface area contributed by atoms with E-state index in [1.54, 1.807) is 0 Å². The summed E-state index contributed by atoms with van der Waals surface area (Å²) in [5, 5.41) is 0. The molecule has 2 atom stereocenters. The standard InChI is InChI=1S/C10H17NO2S/c1-3-7-6-8(7)9(12)11-14-13-10(2)4-5-10/h7-8H,3-6H2,1-2H3,(H,11,12)/t7?,8-/m0/s1. The molecule has 0 bridgehead atoms. The van der Waals surface area contributed by atoms with Crippen LogP contribution in [-0.2, 0) is 8.98 Å². The van der Waals surface area contributed by atoms with E-state index in [2.05, 4.69) is 18.6 Å². The highest BCUT2D eigenvalue weighted by atomic mass is 32.2. The molecule has 3 nitrogen and oxygen atoms in total. The van der Waals surface area contributed by atoms with Gasteiger partial charge in [-0.05, 0) is 32.1 Å². The Morgan fingerprint density at radius 1 is 1.64 bits per heavy atom. The predicted octanol–water partition coefficient (Wildman–Crippen LogP) is 2.28. The van der Waals surface area contributed by atoms with Crippen LogP contribution >= 0.6 is 12.2 Å². The molecule has 0 aromatic heterocycles. The Morgan fingerprint density at radius 2 is 2.36 bits per heavy atom. The van der Waals surface area contributed by atoms with E-state index >= 15 is 0 Å². The highest BCUT2D eigenvalue weighted by Gasteiger charge is 2.43. The minimum atomic E-state index is 0.0334. The summed E-state index contributed by atoms with van der Waals surface area (Å²) >= 11 is 1.11. The van der Waals surface area contributed by atoms with Crippen LogP contribution in [-0.4, -0.2) is 11.5 Å². The van der Waals surface area contributed by atoms with Gasteiger partial charge >= 0.3 is 0 Å². The summed E-state index contributed by atoms with van der Waals surface area (Å²) in [6, 6.07) is 0. The van der Waals surface area contributed by atoms with E-state index < -0.39 is 0 Å². The van der Waals surface area contributed by atoms with Crippen molar-refractivity contribution in [3.05, 3.63) is 0 Å². The fourth-order valence-electron chi connectivity index (χ4n) is 1.52. The third kappa shape index (κ3) is 2.42. The van der Waals surface area contributed by atoms with E-state index in [1.165, 1.54) is 0 Å². The van der Waals surface area contributed by atoms with Crippen LogP contribution in [0.5, 0.6) is 0 Å². The number of carbonyl (C=O) groups is 1. The summed E-state index contributed by atoms with van der Waals surface area (Å²) in [6.07, 6.45) is 4.38. The van der Waals surface area contributed by atoms with Crippen LogP contribution in [0.15, 0.2) is 0 Å². The van der Waals surface area contributed by atoms with Crippen molar-refractivity contribution in [2.24, 2.45) is 11.8 Å². The van der Waals surface area contributed by atoms with Gasteiger partial charge in [-0.15, -0.1) is 0 Å². The molecule has 2 aliphatic carbocycles. The van der Waals surface area contributed by atoms with Crippen LogP contribution in [0.2, 0.25) is 0 Å². The van der Waals surface area contributed by atoms with Gasteiger partial charge in [-0.3, -0.25) is 13.7 Å². The molecule has 0 heterocycles. The minimum Gasteiger partial charge on any atom is -0.290 e. The van der Waals surface area contributed by atoms with Gasteiger partial charge in [0.1, 0.15) is 12.2 Å². The maximum absolute atomic E-state index is 11.5. The number of hydrogen-bond acceptors (Lipinski definition) is 3. The lowest BCUT2D eigenvalue weighted by Gasteiger charge is -2.08. The van der Waals surface area contributed by atoms with Crippen molar-refractivity contribution < 1.29 is 8.98 Å². The largest absolute Gasteiger partial charge is 0.290 e. The van der Waals surface area contributed by atoms with Gasteiger partial charge in [-0.1, -0.05) is 13.3 Å². The predicted molar refractivity (Wildman–Crippen MR) is 56.3 cm³/mol. The molecule has 4 heteroatoms. The van der Waals surface area contributed by atoms with Gasteiger partial charge in [-0.25, -0.2) is 0 Å². The molecule has 0 saturated heterocycles. The lowest BCUT2D eigenvalue weighted by molar-refractivity contribution is -0.120. The lowest BCUT2D eigenvalue weighted by Crippen LogP contribution is -2.20. The van der Waals surface area contributed by atoms with Crippen LogP contribution in [0.3, 0.4) is 0 Å². The summed E-state index contributed by atoms with van der Waals surface area (Å²) in [4.78, 5) is 11.5. The van der Waals surface area contributed by atoms with Gasteiger partial charge in [0.15, 0.2) is 0 Å². The second-order valence-corrected chi connectivity index (χ2v) is 5.13. The van der Waals surface area contributed by atoms with Crippen molar-refractivity contribution in [2.45, 2.75) is 45.1 Å². The molecule has 2 aliphatic rings. The molecule has 0 aliphatic heterocycles. The molecule has 2 saturated carbocycles. The molecule has 1 unspecified atom stereocenters. The van der Waals surface area contributed by atoms with Gasteiger partial charge < -0.3 is 0 Å². The van der Waals surface area contributed by atoms with Crippen LogP contribution in [0.4, 0.5) is 0 Å². The summed E-state index contributed by atoms with van der Waals surface area (Å²) in [7, 11) is 0. The maximum Gasteiger partial charge on any atom is 0.234 e. The SMILES string of the molecule is CCC1C[C@@H]1C(=O)NSOC1(C)CC1. The second-order valence-electron chi connectivity index (χ2n) is 4.59. The van der Waals surface area contributed by atoms with Crippen molar-refractivity contribution in [2.75, 3.05) is 0 Å². The zero-order valence-electron chi connectivity index (χ0n) is 8.71. The Labute approximate surface area is 89.3 Å². The molecule has 1 N–H and O–H groups in total. The highest BCUT2D eigenvalue weighted by Crippen LogP contribution is 2.43. The molecule has 0 radical (unpaired) electrons. The third-order valence-corrected chi connectivity index (χ3v) is 3.89. The molecule has 0 aromatic carbocycles. The molecular formula is C10H17NO2S. The van der Waals surface area contributed by atoms with Gasteiger partial charge in [0.25, 0.3) is 0 Å². The molecule has 2 fully saturated rings. The van der Waals surface area contributed by atoms with E-state index in [0.29, 0.717) is 5.92 Å². The zero-order valence-corrected chi connectivity index (χ0v) is 9.52. The second kappa shape index (κ2) is 3.74. The zero-order chi connectivity index (χ0) is 10.2. The van der Waals surface area contributed by atoms with Gasteiger partial charge in [0, 0.05) is 5.92 Å². The Kier molecular flexibility index (Phi) is 2.75. The summed E-state index contributed by atoms with van der Waals surface area (Å²) in [6.45, 7) is 4.20. The first kappa shape index (κ1) is 10.3. The Hall–Kier alpha value is -0.220. The molecule has 2 rings (SSSR count). The van der Waals surface area contributed by atoms with E-state index in [1.807, 2.05) is 0 Å². The lowest BCUT2D eigenvalue weighted by atomic mass is 10.2. The highest BCUT2D eigenvalue weighted by molar-refractivity contribution is 7.93. The molecule has 1 amide bonds. The van der Waals surface area contributed by atoms with Gasteiger partial charge in [-0.2, -0.15) is 0 Å². The Bertz CT molecular complexity index is 240. The van der Waals surface area contributed by atoms with Gasteiger partial charge in [0.05, 0.1) is 5.60 Å². The number of amides is 1. The first-order valence-corrected chi connectivity index (χ1v) is 6.03. The first-order chi connectivity index (χ1) is 6.64. The van der Waals surface area contributed by atoms with Crippen molar-refractivity contribution in [3.63, 3.8) is 0 Å². The van der Waals surface area contributed by atoms with E-state index in [0.717, 1.165) is 37.9 Å². The summed E-state index contributed by atoms with van der Waals surface area (Å²) in [5.74, 6) is 1.02. The van der Waals surface area contributed by atoms with Crippen LogP contribution < -0.4 is 4.72 Å². The van der Waals surface area contributed by atoms with Crippen LogP contribution in [0, 0.1) is 11.8 Å². The number of nitrogens with one attached hydrogen (secondary N) is 1. The molecular weight excluding hydrogens is 198 g/mol. The minimum absolute atomic E-state index is 0.0334. The fraction of sp³-hybridized carbons (Fsp3) is 0.900. The van der Waals surface area contributed by atoms with Crippen LogP contribution in [0.1, 0.15) is 39.5 Å². The Balaban J connectivity index is 1.59. The average Bonchev–Trinajstić information content (AvgIpc) is 3.01. The number of rotatable bonds is 5. The Morgan fingerprint density at radius 3 is 2.86 bits per heavy atom. The maximum atomic E-state index is 11.5. The molecule has 14 heavy (non-hydrogen) atoms. The van der Waals surface area contributed by atoms with Crippen LogP contribution in [0.25, 0.3) is 0 Å². The average molecular weight is 215 g/mol. The number of hydrogen-bond donors (Lipinski definition) is 1. The first-order valence-electron chi connectivity index (χ1n) is 5.29. The van der Waals surface area contributed by atoms with Crippen molar-refractivity contribution in [1.82, 2.24) is 4.72 Å². The van der Waals surface area contributed by atoms with E-state index in [9.17, 15) is 4.79 Å². The summed E-state index contributed by atoms with van der Waals surface area (Å²) < 4.78 is 8.20. The quantitative estimate of drug-likeness (QED) is 0.565. The monoisotopic (exact) mass is 215 g/mol. The van der Waals surface area contributed by atoms with E-state index in [-0.39, 0.29) is 17.4 Å². The molecule has 80 valence electrons. The number of carbonyl (C=O) groups excluding carboxylic acids is 1. The molecule has 0 spiro atoms. The third-order valence-electron chi connectivity index (χ3n) is 3.12. The van der Waals surface area contributed by atoms with Crippen molar-refractivity contribution >= 4 is 18.1 Å². The topological polar surface area (TPSA) is 38.3 Å². The van der Waals surface area contributed by atoms with Crippen molar-refractivity contribution in [3.8, 4) is 0 Å². The van der Waals surface area contributed by atoms with Crippen molar-refractivity contribution in [1.29, 1.82) is 0 Å². The summed E-state index contributed by atoms with van der Waals surface area (Å²) in [5.41, 5.74) is 0.0334. The van der Waals surface area contributed by atoms with E-state index in [4.69, 9.17) is 4.18 Å². The fourth-order valence-corrected chi connectivity index (χ4v) is 2.16. The molecule has 0 aromatic rings. The van der Waals surface area contributed by atoms with Gasteiger partial charge in [0.2, 0.25) is 5.91 Å². The normalized spacial score (nSPS) is 32.4.